The van der Waals surface area contributed by atoms with Crippen LogP contribution in [0.2, 0.25) is 5.02 Å². The third kappa shape index (κ3) is 4.22. The van der Waals surface area contributed by atoms with Crippen LogP contribution in [0.25, 0.3) is 16.7 Å². The monoisotopic (exact) mass is 406 g/mol. The molecule has 4 aromatic rings. The maximum Gasteiger partial charge on any atom is 0.262 e. The van der Waals surface area contributed by atoms with Gasteiger partial charge in [-0.3, -0.25) is 4.79 Å². The molecule has 0 fully saturated rings. The molecule has 1 amide bonds. The van der Waals surface area contributed by atoms with Gasteiger partial charge in [-0.05, 0) is 55.8 Å². The standard InChI is InChI=1S/C22H19ClN4O2/c1-14-7-9-16(10-8-14)27-25-19-11-15(2)18(12-20(19)26-27)24-22(28)13-29-21-6-4-3-5-17(21)23/h3-12H,13H2,1-2H3,(H,24,28). The van der Waals surface area contributed by atoms with Crippen molar-refractivity contribution in [3.8, 4) is 11.4 Å². The summed E-state index contributed by atoms with van der Waals surface area (Å²) >= 11 is 6.05. The van der Waals surface area contributed by atoms with Gasteiger partial charge in [-0.2, -0.15) is 4.80 Å². The highest BCUT2D eigenvalue weighted by molar-refractivity contribution is 6.32. The largest absolute Gasteiger partial charge is 0.482 e. The molecule has 0 unspecified atom stereocenters. The minimum atomic E-state index is -0.279. The Balaban J connectivity index is 1.51. The maximum atomic E-state index is 12.3. The number of para-hydroxylation sites is 1. The van der Waals surface area contributed by atoms with Crippen molar-refractivity contribution < 1.29 is 9.53 Å². The Morgan fingerprint density at radius 1 is 1.03 bits per heavy atom. The van der Waals surface area contributed by atoms with E-state index in [0.29, 0.717) is 22.0 Å². The summed E-state index contributed by atoms with van der Waals surface area (Å²) < 4.78 is 5.49. The Labute approximate surface area is 173 Å². The summed E-state index contributed by atoms with van der Waals surface area (Å²) in [7, 11) is 0. The van der Waals surface area contributed by atoms with Crippen molar-refractivity contribution in [3.05, 3.63) is 76.8 Å². The predicted molar refractivity (Wildman–Crippen MR) is 114 cm³/mol. The molecule has 0 aliphatic heterocycles. The second-order valence-corrected chi connectivity index (χ2v) is 7.16. The number of nitrogens with zero attached hydrogens (tertiary/aromatic N) is 3. The zero-order valence-corrected chi connectivity index (χ0v) is 16.8. The Kier molecular flexibility index (Phi) is 5.18. The molecule has 0 atom stereocenters. The number of aryl methyl sites for hydroxylation is 2. The molecule has 4 rings (SSSR count). The first-order valence-electron chi connectivity index (χ1n) is 9.11. The van der Waals surface area contributed by atoms with E-state index in [1.807, 2.05) is 50.2 Å². The number of nitrogens with one attached hydrogen (secondary N) is 1. The molecule has 0 aliphatic rings. The van der Waals surface area contributed by atoms with E-state index in [-0.39, 0.29) is 12.5 Å². The number of halogens is 1. The zero-order chi connectivity index (χ0) is 20.4. The number of carbonyl (C=O) groups excluding carboxylic acids is 1. The smallest absolute Gasteiger partial charge is 0.262 e. The predicted octanol–water partition coefficient (Wildman–Crippen LogP) is 4.71. The summed E-state index contributed by atoms with van der Waals surface area (Å²) in [5.41, 5.74) is 5.06. The van der Waals surface area contributed by atoms with Crippen molar-refractivity contribution >= 4 is 34.2 Å². The molecule has 0 bridgehead atoms. The molecule has 0 saturated carbocycles. The molecule has 29 heavy (non-hydrogen) atoms. The fraction of sp³-hybridized carbons (Fsp3) is 0.136. The van der Waals surface area contributed by atoms with E-state index in [4.69, 9.17) is 16.3 Å². The van der Waals surface area contributed by atoms with Gasteiger partial charge >= 0.3 is 0 Å². The molecule has 7 heteroatoms. The van der Waals surface area contributed by atoms with E-state index in [2.05, 4.69) is 15.5 Å². The maximum absolute atomic E-state index is 12.3. The van der Waals surface area contributed by atoms with E-state index >= 15 is 0 Å². The molecule has 1 aromatic heterocycles. The SMILES string of the molecule is Cc1ccc(-n2nc3cc(C)c(NC(=O)COc4ccccc4Cl)cc3n2)cc1. The lowest BCUT2D eigenvalue weighted by Gasteiger charge is -2.10. The van der Waals surface area contributed by atoms with Crippen LogP contribution in [-0.4, -0.2) is 27.5 Å². The van der Waals surface area contributed by atoms with Crippen LogP contribution in [-0.2, 0) is 4.79 Å². The molecule has 146 valence electrons. The number of carbonyl (C=O) groups is 1. The molecule has 6 nitrogen and oxygen atoms in total. The van der Waals surface area contributed by atoms with Crippen molar-refractivity contribution in [2.24, 2.45) is 0 Å². The van der Waals surface area contributed by atoms with Crippen LogP contribution in [0.1, 0.15) is 11.1 Å². The molecule has 0 aliphatic carbocycles. The van der Waals surface area contributed by atoms with Crippen molar-refractivity contribution in [2.75, 3.05) is 11.9 Å². The molecule has 0 spiro atoms. The van der Waals surface area contributed by atoms with Crippen molar-refractivity contribution in [1.82, 2.24) is 15.0 Å². The number of ether oxygens (including phenoxy) is 1. The Bertz CT molecular complexity index is 1190. The third-order valence-electron chi connectivity index (χ3n) is 4.46. The van der Waals surface area contributed by atoms with Gasteiger partial charge in [0.15, 0.2) is 6.61 Å². The summed E-state index contributed by atoms with van der Waals surface area (Å²) in [5.74, 6) is 0.191. The highest BCUT2D eigenvalue weighted by atomic mass is 35.5. The Hall–Kier alpha value is -3.38. The van der Waals surface area contributed by atoms with Gasteiger partial charge in [0.2, 0.25) is 0 Å². The number of hydrogen-bond donors (Lipinski definition) is 1. The highest BCUT2D eigenvalue weighted by Gasteiger charge is 2.12. The fourth-order valence-corrected chi connectivity index (χ4v) is 3.08. The van der Waals surface area contributed by atoms with Gasteiger partial charge in [0.05, 0.1) is 10.7 Å². The first kappa shape index (κ1) is 19.0. The van der Waals surface area contributed by atoms with Crippen LogP contribution < -0.4 is 10.1 Å². The summed E-state index contributed by atoms with van der Waals surface area (Å²) in [6.45, 7) is 3.80. The van der Waals surface area contributed by atoms with E-state index in [1.165, 1.54) is 5.56 Å². The number of anilines is 1. The lowest BCUT2D eigenvalue weighted by atomic mass is 10.1. The number of fused-ring (bicyclic) bond motifs is 1. The second-order valence-electron chi connectivity index (χ2n) is 6.75. The van der Waals surface area contributed by atoms with E-state index in [9.17, 15) is 4.79 Å². The van der Waals surface area contributed by atoms with E-state index in [1.54, 1.807) is 29.1 Å². The summed E-state index contributed by atoms with van der Waals surface area (Å²) in [4.78, 5) is 13.9. The number of aromatic nitrogens is 3. The minimum Gasteiger partial charge on any atom is -0.482 e. The molecule has 0 radical (unpaired) electrons. The lowest BCUT2D eigenvalue weighted by Crippen LogP contribution is -2.20. The summed E-state index contributed by atoms with van der Waals surface area (Å²) in [6.07, 6.45) is 0. The second kappa shape index (κ2) is 7.93. The van der Waals surface area contributed by atoms with Crippen molar-refractivity contribution in [3.63, 3.8) is 0 Å². The van der Waals surface area contributed by atoms with Gasteiger partial charge in [0.1, 0.15) is 16.8 Å². The van der Waals surface area contributed by atoms with Crippen LogP contribution in [0.3, 0.4) is 0 Å². The van der Waals surface area contributed by atoms with Crippen LogP contribution >= 0.6 is 11.6 Å². The average Bonchev–Trinajstić information content (AvgIpc) is 3.11. The summed E-state index contributed by atoms with van der Waals surface area (Å²) in [6, 6.07) is 18.7. The first-order chi connectivity index (χ1) is 14.0. The van der Waals surface area contributed by atoms with E-state index < -0.39 is 0 Å². The topological polar surface area (TPSA) is 69.0 Å². The zero-order valence-electron chi connectivity index (χ0n) is 16.0. The summed E-state index contributed by atoms with van der Waals surface area (Å²) in [5, 5.41) is 12.4. The molecule has 1 heterocycles. The number of benzene rings is 3. The third-order valence-corrected chi connectivity index (χ3v) is 4.77. The Morgan fingerprint density at radius 3 is 2.45 bits per heavy atom. The van der Waals surface area contributed by atoms with Crippen LogP contribution in [0.5, 0.6) is 5.75 Å². The molecule has 3 aromatic carbocycles. The van der Waals surface area contributed by atoms with E-state index in [0.717, 1.165) is 16.8 Å². The first-order valence-corrected chi connectivity index (χ1v) is 9.49. The number of hydrogen-bond acceptors (Lipinski definition) is 4. The van der Waals surface area contributed by atoms with Gasteiger partial charge in [0, 0.05) is 5.69 Å². The lowest BCUT2D eigenvalue weighted by molar-refractivity contribution is -0.118. The number of rotatable bonds is 5. The minimum absolute atomic E-state index is 0.142. The molecular weight excluding hydrogens is 388 g/mol. The van der Waals surface area contributed by atoms with Crippen LogP contribution in [0.15, 0.2) is 60.7 Å². The van der Waals surface area contributed by atoms with Crippen LogP contribution in [0.4, 0.5) is 5.69 Å². The van der Waals surface area contributed by atoms with Crippen molar-refractivity contribution in [1.29, 1.82) is 0 Å². The van der Waals surface area contributed by atoms with Gasteiger partial charge in [0.25, 0.3) is 5.91 Å². The van der Waals surface area contributed by atoms with Gasteiger partial charge < -0.3 is 10.1 Å². The quantitative estimate of drug-likeness (QED) is 0.521. The highest BCUT2D eigenvalue weighted by Crippen LogP contribution is 2.24. The van der Waals surface area contributed by atoms with Gasteiger partial charge in [-0.25, -0.2) is 0 Å². The molecule has 1 N–H and O–H groups in total. The molecular formula is C22H19ClN4O2. The normalized spacial score (nSPS) is 10.9. The van der Waals surface area contributed by atoms with Gasteiger partial charge in [-0.15, -0.1) is 10.2 Å². The van der Waals surface area contributed by atoms with Crippen LogP contribution in [0, 0.1) is 13.8 Å². The average molecular weight is 407 g/mol. The number of amides is 1. The van der Waals surface area contributed by atoms with Gasteiger partial charge in [-0.1, -0.05) is 41.4 Å². The fourth-order valence-electron chi connectivity index (χ4n) is 2.89. The molecule has 0 saturated heterocycles. The Morgan fingerprint density at radius 2 is 1.72 bits per heavy atom. The van der Waals surface area contributed by atoms with Crippen molar-refractivity contribution in [2.45, 2.75) is 13.8 Å².